The average Bonchev–Trinajstić information content (AvgIpc) is 2.83. The summed E-state index contributed by atoms with van der Waals surface area (Å²) in [6.45, 7) is 6.16. The molecule has 0 aromatic carbocycles. The molecule has 1 aromatic heterocycles. The van der Waals surface area contributed by atoms with Gasteiger partial charge in [-0.3, -0.25) is 10.1 Å². The minimum absolute atomic E-state index is 0.0379. The third-order valence-electron chi connectivity index (χ3n) is 3.38. The zero-order valence-electron chi connectivity index (χ0n) is 10.8. The van der Waals surface area contributed by atoms with Crippen LogP contribution in [0.2, 0.25) is 5.15 Å². The van der Waals surface area contributed by atoms with Crippen molar-refractivity contribution in [2.45, 2.75) is 13.3 Å². The maximum Gasteiger partial charge on any atom is 0.276 e. The predicted octanol–water partition coefficient (Wildman–Crippen LogP) is 2.40. The summed E-state index contributed by atoms with van der Waals surface area (Å²) in [6, 6.07) is 2.67. The molecule has 0 spiro atoms. The number of rotatable bonds is 5. The van der Waals surface area contributed by atoms with E-state index in [2.05, 4.69) is 22.1 Å². The largest absolute Gasteiger partial charge is 0.369 e. The summed E-state index contributed by atoms with van der Waals surface area (Å²) in [4.78, 5) is 16.7. The van der Waals surface area contributed by atoms with E-state index in [4.69, 9.17) is 11.6 Å². The summed E-state index contributed by atoms with van der Waals surface area (Å²) >= 11 is 5.77. The Hall–Kier alpha value is -1.40. The molecule has 2 heterocycles. The van der Waals surface area contributed by atoms with Gasteiger partial charge < -0.3 is 10.2 Å². The number of anilines is 1. The number of hydrogen-bond acceptors (Lipinski definition) is 5. The molecule has 0 saturated carbocycles. The molecule has 1 saturated heterocycles. The van der Waals surface area contributed by atoms with E-state index in [0.717, 1.165) is 32.6 Å². The van der Waals surface area contributed by atoms with E-state index in [0.29, 0.717) is 11.7 Å². The summed E-state index contributed by atoms with van der Waals surface area (Å²) in [6.07, 6.45) is 1.14. The summed E-state index contributed by atoms with van der Waals surface area (Å²) in [7, 11) is 0. The van der Waals surface area contributed by atoms with E-state index in [1.807, 2.05) is 0 Å². The summed E-state index contributed by atoms with van der Waals surface area (Å²) < 4.78 is 0. The van der Waals surface area contributed by atoms with Crippen LogP contribution in [0.3, 0.4) is 0 Å². The lowest BCUT2D eigenvalue weighted by molar-refractivity contribution is -0.384. The van der Waals surface area contributed by atoms with E-state index in [1.54, 1.807) is 0 Å². The van der Waals surface area contributed by atoms with E-state index >= 15 is 0 Å². The first-order valence-electron chi connectivity index (χ1n) is 6.36. The third-order valence-corrected chi connectivity index (χ3v) is 3.57. The average molecular weight is 285 g/mol. The van der Waals surface area contributed by atoms with E-state index in [1.165, 1.54) is 12.1 Å². The van der Waals surface area contributed by atoms with Gasteiger partial charge in [-0.25, -0.2) is 4.98 Å². The Kier molecular flexibility index (Phi) is 4.55. The smallest absolute Gasteiger partial charge is 0.276 e. The van der Waals surface area contributed by atoms with Crippen molar-refractivity contribution in [2.75, 3.05) is 31.5 Å². The molecule has 0 bridgehead atoms. The van der Waals surface area contributed by atoms with Crippen molar-refractivity contribution in [1.82, 2.24) is 9.88 Å². The molecule has 104 valence electrons. The van der Waals surface area contributed by atoms with Crippen molar-refractivity contribution in [3.05, 3.63) is 27.4 Å². The minimum atomic E-state index is -0.465. The lowest BCUT2D eigenvalue weighted by atomic mass is 10.1. The number of aromatic nitrogens is 1. The van der Waals surface area contributed by atoms with Crippen molar-refractivity contribution in [3.63, 3.8) is 0 Å². The molecule has 0 aliphatic carbocycles. The van der Waals surface area contributed by atoms with Crippen molar-refractivity contribution >= 4 is 23.1 Å². The van der Waals surface area contributed by atoms with Crippen LogP contribution in [0.4, 0.5) is 11.5 Å². The molecule has 1 N–H and O–H groups in total. The van der Waals surface area contributed by atoms with E-state index < -0.39 is 4.92 Å². The highest BCUT2D eigenvalue weighted by Crippen LogP contribution is 2.22. The van der Waals surface area contributed by atoms with Crippen LogP contribution in [-0.4, -0.2) is 41.0 Å². The van der Waals surface area contributed by atoms with Gasteiger partial charge in [0.1, 0.15) is 11.0 Å². The first kappa shape index (κ1) is 14.0. The molecule has 1 aromatic rings. The second kappa shape index (κ2) is 6.16. The molecule has 6 nitrogen and oxygen atoms in total. The SMILES string of the molecule is CCN1CCC(CNc2cc([N+](=O)[O-])cc(Cl)n2)C1. The zero-order valence-corrected chi connectivity index (χ0v) is 11.6. The van der Waals surface area contributed by atoms with Crippen LogP contribution in [0.25, 0.3) is 0 Å². The normalized spacial score (nSPS) is 19.6. The standard InChI is InChI=1S/C12H17ClN4O2/c1-2-16-4-3-9(8-16)7-14-12-6-10(17(18)19)5-11(13)15-12/h5-6,9H,2-4,7-8H2,1H3,(H,14,15). The van der Waals surface area contributed by atoms with Gasteiger partial charge in [-0.15, -0.1) is 0 Å². The molecule has 0 radical (unpaired) electrons. The van der Waals surface area contributed by atoms with Crippen LogP contribution >= 0.6 is 11.6 Å². The van der Waals surface area contributed by atoms with Gasteiger partial charge in [0.05, 0.1) is 17.1 Å². The van der Waals surface area contributed by atoms with Crippen molar-refractivity contribution in [3.8, 4) is 0 Å². The van der Waals surface area contributed by atoms with Gasteiger partial charge in [-0.05, 0) is 25.4 Å². The highest BCUT2D eigenvalue weighted by atomic mass is 35.5. The van der Waals surface area contributed by atoms with Gasteiger partial charge in [0.25, 0.3) is 5.69 Å². The third kappa shape index (κ3) is 3.78. The Morgan fingerprint density at radius 3 is 3.05 bits per heavy atom. The molecule has 1 aliphatic rings. The fourth-order valence-electron chi connectivity index (χ4n) is 2.29. The van der Waals surface area contributed by atoms with Gasteiger partial charge in [-0.1, -0.05) is 18.5 Å². The van der Waals surface area contributed by atoms with Gasteiger partial charge in [0.15, 0.2) is 0 Å². The molecule has 1 unspecified atom stereocenters. The molecule has 0 amide bonds. The zero-order chi connectivity index (χ0) is 13.8. The fraction of sp³-hybridized carbons (Fsp3) is 0.583. The lowest BCUT2D eigenvalue weighted by Gasteiger charge is -2.14. The summed E-state index contributed by atoms with van der Waals surface area (Å²) in [5, 5.41) is 14.0. The van der Waals surface area contributed by atoms with Gasteiger partial charge >= 0.3 is 0 Å². The van der Waals surface area contributed by atoms with Crippen molar-refractivity contribution in [1.29, 1.82) is 0 Å². The Morgan fingerprint density at radius 1 is 1.63 bits per heavy atom. The first-order valence-corrected chi connectivity index (χ1v) is 6.74. The van der Waals surface area contributed by atoms with Crippen LogP contribution in [0.1, 0.15) is 13.3 Å². The van der Waals surface area contributed by atoms with Gasteiger partial charge in [0, 0.05) is 13.1 Å². The minimum Gasteiger partial charge on any atom is -0.369 e. The Labute approximate surface area is 116 Å². The number of hydrogen-bond donors (Lipinski definition) is 1. The highest BCUT2D eigenvalue weighted by Gasteiger charge is 2.21. The summed E-state index contributed by atoms with van der Waals surface area (Å²) in [5.74, 6) is 1.02. The Balaban J connectivity index is 1.94. The Bertz CT molecular complexity index is 469. The second-order valence-electron chi connectivity index (χ2n) is 4.72. The summed E-state index contributed by atoms with van der Waals surface area (Å²) in [5.41, 5.74) is -0.0379. The lowest BCUT2D eigenvalue weighted by Crippen LogP contribution is -2.22. The Morgan fingerprint density at radius 2 is 2.42 bits per heavy atom. The topological polar surface area (TPSA) is 71.3 Å². The first-order chi connectivity index (χ1) is 9.08. The monoisotopic (exact) mass is 284 g/mol. The van der Waals surface area contributed by atoms with Gasteiger partial charge in [0.2, 0.25) is 0 Å². The maximum absolute atomic E-state index is 10.7. The van der Waals surface area contributed by atoms with Gasteiger partial charge in [-0.2, -0.15) is 0 Å². The number of nitrogens with zero attached hydrogens (tertiary/aromatic N) is 3. The van der Waals surface area contributed by atoms with Crippen LogP contribution in [0, 0.1) is 16.0 Å². The molecular formula is C12H17ClN4O2. The van der Waals surface area contributed by atoms with Crippen LogP contribution in [0.15, 0.2) is 12.1 Å². The van der Waals surface area contributed by atoms with Crippen LogP contribution < -0.4 is 5.32 Å². The van der Waals surface area contributed by atoms with Crippen LogP contribution in [0.5, 0.6) is 0 Å². The molecule has 19 heavy (non-hydrogen) atoms. The molecule has 1 fully saturated rings. The number of halogens is 1. The van der Waals surface area contributed by atoms with E-state index in [-0.39, 0.29) is 10.8 Å². The fourth-order valence-corrected chi connectivity index (χ4v) is 2.50. The molecule has 1 atom stereocenters. The predicted molar refractivity (Wildman–Crippen MR) is 74.6 cm³/mol. The maximum atomic E-state index is 10.7. The van der Waals surface area contributed by atoms with Crippen molar-refractivity contribution < 1.29 is 4.92 Å². The second-order valence-corrected chi connectivity index (χ2v) is 5.11. The molecule has 2 rings (SSSR count). The number of likely N-dealkylation sites (tertiary alicyclic amines) is 1. The molecule has 1 aliphatic heterocycles. The highest BCUT2D eigenvalue weighted by molar-refractivity contribution is 6.29. The van der Waals surface area contributed by atoms with Crippen molar-refractivity contribution in [2.24, 2.45) is 5.92 Å². The number of nitro groups is 1. The van der Waals surface area contributed by atoms with E-state index in [9.17, 15) is 10.1 Å². The molecular weight excluding hydrogens is 268 g/mol. The number of pyridine rings is 1. The number of nitrogens with one attached hydrogen (secondary N) is 1. The molecule has 7 heteroatoms. The van der Waals surface area contributed by atoms with Crippen LogP contribution in [-0.2, 0) is 0 Å². The quantitative estimate of drug-likeness (QED) is 0.511.